The molecule has 0 saturated carbocycles. The van der Waals surface area contributed by atoms with E-state index < -0.39 is 18.6 Å². The number of nitrogens with one attached hydrogen (secondary N) is 1. The van der Waals surface area contributed by atoms with E-state index in [0.717, 1.165) is 33.4 Å². The van der Waals surface area contributed by atoms with E-state index >= 15 is 0 Å². The molecule has 0 fully saturated rings. The molecule has 0 bridgehead atoms. The summed E-state index contributed by atoms with van der Waals surface area (Å²) in [5.41, 5.74) is 6.15. The molecule has 31 heavy (non-hydrogen) atoms. The largest absolute Gasteiger partial charge is 0.496 e. The fraction of sp³-hybridized carbons (Fsp3) is 0.200. The van der Waals surface area contributed by atoms with Gasteiger partial charge in [-0.15, -0.1) is 0 Å². The summed E-state index contributed by atoms with van der Waals surface area (Å²) in [6, 6.07) is 14.9. The number of pyridine rings is 1. The van der Waals surface area contributed by atoms with E-state index in [4.69, 9.17) is 14.9 Å². The van der Waals surface area contributed by atoms with Gasteiger partial charge >= 0.3 is 5.97 Å². The molecule has 160 valence electrons. The molecule has 0 aliphatic carbocycles. The van der Waals surface area contributed by atoms with Gasteiger partial charge in [0, 0.05) is 30.1 Å². The van der Waals surface area contributed by atoms with Crippen molar-refractivity contribution in [3.05, 3.63) is 83.2 Å². The maximum absolute atomic E-state index is 11.1. The Bertz CT molecular complexity index is 1060. The number of benzene rings is 2. The van der Waals surface area contributed by atoms with Crippen LogP contribution in [0.25, 0.3) is 23.3 Å². The third-order valence-electron chi connectivity index (χ3n) is 5.13. The summed E-state index contributed by atoms with van der Waals surface area (Å²) < 4.78 is 5.47. The Morgan fingerprint density at radius 1 is 1.16 bits per heavy atom. The second-order valence-corrected chi connectivity index (χ2v) is 7.13. The highest BCUT2D eigenvalue weighted by atomic mass is 16.5. The number of aromatic nitrogens is 1. The molecule has 3 aromatic rings. The zero-order chi connectivity index (χ0) is 22.2. The summed E-state index contributed by atoms with van der Waals surface area (Å²) >= 11 is 0. The Hall–Kier alpha value is -3.48. The average Bonchev–Trinajstić information content (AvgIpc) is 2.79. The van der Waals surface area contributed by atoms with Gasteiger partial charge in [-0.2, -0.15) is 0 Å². The molecule has 0 amide bonds. The highest BCUT2D eigenvalue weighted by Crippen LogP contribution is 2.26. The van der Waals surface area contributed by atoms with Gasteiger partial charge < -0.3 is 14.9 Å². The number of aliphatic hydroxyl groups excluding tert-OH is 1. The maximum atomic E-state index is 11.1. The topological polar surface area (TPSA) is 91.7 Å². The summed E-state index contributed by atoms with van der Waals surface area (Å²) in [5.74, 6) is -0.452. The molecule has 1 aromatic heterocycles. The Morgan fingerprint density at radius 2 is 1.94 bits per heavy atom. The Kier molecular flexibility index (Phi) is 7.54. The van der Waals surface area contributed by atoms with Crippen LogP contribution in [-0.2, 0) is 11.3 Å². The molecular weight excluding hydrogens is 392 g/mol. The van der Waals surface area contributed by atoms with Crippen molar-refractivity contribution in [1.29, 1.82) is 0 Å². The Balaban J connectivity index is 1.79. The normalized spacial score (nSPS) is 12.1. The van der Waals surface area contributed by atoms with Crippen LogP contribution in [-0.4, -0.2) is 40.9 Å². The van der Waals surface area contributed by atoms with Crippen LogP contribution in [0.3, 0.4) is 0 Å². The summed E-state index contributed by atoms with van der Waals surface area (Å²) in [6.45, 7) is 1.87. The first-order chi connectivity index (χ1) is 15.0. The molecule has 1 heterocycles. The number of hydrogen-bond donors (Lipinski definition) is 3. The minimum atomic E-state index is -1.09. The zero-order valence-corrected chi connectivity index (χ0v) is 17.6. The standard InChI is InChI=1S/C25H26N2O4/c1-17-20(13-26-15-22(17)19-6-4-3-5-7-19)10-8-18-9-11-21(24(12-18)31-2)14-27-23(16-28)25(29)30/h3-13,15,23,27-28H,14,16H2,1-2H3,(H,29,30)/b10-8+/t23-/m0/s1. The molecule has 0 radical (unpaired) electrons. The number of ether oxygens (including phenoxy) is 1. The fourth-order valence-corrected chi connectivity index (χ4v) is 3.28. The van der Waals surface area contributed by atoms with E-state index in [1.807, 2.05) is 60.9 Å². The lowest BCUT2D eigenvalue weighted by atomic mass is 9.99. The fourth-order valence-electron chi connectivity index (χ4n) is 3.28. The second kappa shape index (κ2) is 10.5. The van der Waals surface area contributed by atoms with Crippen molar-refractivity contribution >= 4 is 18.1 Å². The first-order valence-electron chi connectivity index (χ1n) is 9.95. The van der Waals surface area contributed by atoms with Gasteiger partial charge in [-0.25, -0.2) is 0 Å². The van der Waals surface area contributed by atoms with E-state index in [0.29, 0.717) is 5.75 Å². The van der Waals surface area contributed by atoms with Gasteiger partial charge in [0.25, 0.3) is 0 Å². The molecule has 0 aliphatic heterocycles. The molecule has 0 spiro atoms. The number of hydrogen-bond acceptors (Lipinski definition) is 5. The van der Waals surface area contributed by atoms with Crippen LogP contribution in [0.5, 0.6) is 5.75 Å². The summed E-state index contributed by atoms with van der Waals surface area (Å²) in [5, 5.41) is 21.0. The van der Waals surface area contributed by atoms with Gasteiger partial charge in [0.05, 0.1) is 13.7 Å². The number of nitrogens with zero attached hydrogens (tertiary/aromatic N) is 1. The molecule has 6 nitrogen and oxygen atoms in total. The lowest BCUT2D eigenvalue weighted by Gasteiger charge is -2.14. The van der Waals surface area contributed by atoms with E-state index in [9.17, 15) is 4.79 Å². The molecule has 6 heteroatoms. The van der Waals surface area contributed by atoms with E-state index in [1.165, 1.54) is 0 Å². The van der Waals surface area contributed by atoms with Crippen LogP contribution in [0.4, 0.5) is 0 Å². The predicted octanol–water partition coefficient (Wildman–Crippen LogP) is 3.77. The second-order valence-electron chi connectivity index (χ2n) is 7.13. The van der Waals surface area contributed by atoms with Gasteiger partial charge in [0.1, 0.15) is 11.8 Å². The van der Waals surface area contributed by atoms with Crippen molar-refractivity contribution in [2.75, 3.05) is 13.7 Å². The lowest BCUT2D eigenvalue weighted by Crippen LogP contribution is -2.39. The van der Waals surface area contributed by atoms with Crippen molar-refractivity contribution in [2.24, 2.45) is 0 Å². The number of aliphatic hydroxyl groups is 1. The number of rotatable bonds is 9. The molecule has 0 saturated heterocycles. The summed E-state index contributed by atoms with van der Waals surface area (Å²) in [6.07, 6.45) is 7.73. The van der Waals surface area contributed by atoms with Crippen LogP contribution in [0.2, 0.25) is 0 Å². The average molecular weight is 418 g/mol. The first-order valence-corrected chi connectivity index (χ1v) is 9.95. The van der Waals surface area contributed by atoms with Gasteiger partial charge in [-0.05, 0) is 35.2 Å². The minimum absolute atomic E-state index is 0.271. The summed E-state index contributed by atoms with van der Waals surface area (Å²) in [4.78, 5) is 15.4. The third kappa shape index (κ3) is 5.57. The van der Waals surface area contributed by atoms with Crippen LogP contribution < -0.4 is 10.1 Å². The van der Waals surface area contributed by atoms with Crippen molar-refractivity contribution < 1.29 is 19.7 Å². The molecular formula is C25H26N2O4. The van der Waals surface area contributed by atoms with Crippen molar-refractivity contribution in [1.82, 2.24) is 10.3 Å². The molecule has 3 N–H and O–H groups in total. The minimum Gasteiger partial charge on any atom is -0.496 e. The molecule has 2 aromatic carbocycles. The number of aliphatic carboxylic acids is 1. The Labute approximate surface area is 181 Å². The van der Waals surface area contributed by atoms with E-state index in [1.54, 1.807) is 7.11 Å². The quantitative estimate of drug-likeness (QED) is 0.490. The number of methoxy groups -OCH3 is 1. The van der Waals surface area contributed by atoms with Gasteiger partial charge in [0.2, 0.25) is 0 Å². The molecule has 0 aliphatic rings. The maximum Gasteiger partial charge on any atom is 0.323 e. The lowest BCUT2D eigenvalue weighted by molar-refractivity contribution is -0.140. The third-order valence-corrected chi connectivity index (χ3v) is 5.13. The van der Waals surface area contributed by atoms with Crippen LogP contribution >= 0.6 is 0 Å². The summed E-state index contributed by atoms with van der Waals surface area (Å²) in [7, 11) is 1.57. The van der Waals surface area contributed by atoms with Crippen molar-refractivity contribution in [3.8, 4) is 16.9 Å². The van der Waals surface area contributed by atoms with Crippen LogP contribution in [0.15, 0.2) is 60.9 Å². The van der Waals surface area contributed by atoms with Crippen molar-refractivity contribution in [3.63, 3.8) is 0 Å². The van der Waals surface area contributed by atoms with Crippen LogP contribution in [0, 0.1) is 6.92 Å². The van der Waals surface area contributed by atoms with Crippen molar-refractivity contribution in [2.45, 2.75) is 19.5 Å². The van der Waals surface area contributed by atoms with Gasteiger partial charge in [-0.3, -0.25) is 15.1 Å². The van der Waals surface area contributed by atoms with Gasteiger partial charge in [-0.1, -0.05) is 54.6 Å². The number of carboxylic acids is 1. The predicted molar refractivity (Wildman–Crippen MR) is 122 cm³/mol. The number of carbonyl (C=O) groups is 1. The van der Waals surface area contributed by atoms with Gasteiger partial charge in [0.15, 0.2) is 0 Å². The highest BCUT2D eigenvalue weighted by molar-refractivity contribution is 5.77. The number of carboxylic acid groups (broad SMARTS) is 1. The molecule has 1 atom stereocenters. The highest BCUT2D eigenvalue weighted by Gasteiger charge is 2.16. The monoisotopic (exact) mass is 418 g/mol. The Morgan fingerprint density at radius 3 is 2.61 bits per heavy atom. The van der Waals surface area contributed by atoms with E-state index in [-0.39, 0.29) is 6.54 Å². The van der Waals surface area contributed by atoms with Crippen LogP contribution in [0.1, 0.15) is 22.3 Å². The van der Waals surface area contributed by atoms with E-state index in [2.05, 4.69) is 29.4 Å². The molecule has 3 rings (SSSR count). The molecule has 0 unspecified atom stereocenters. The zero-order valence-electron chi connectivity index (χ0n) is 17.6. The first kappa shape index (κ1) is 22.2. The smallest absolute Gasteiger partial charge is 0.323 e. The SMILES string of the molecule is COc1cc(/C=C/c2cncc(-c3ccccc3)c2C)ccc1CN[C@@H](CO)C(=O)O.